The van der Waals surface area contributed by atoms with Crippen LogP contribution in [0.3, 0.4) is 0 Å². The number of hydrogen-bond donors (Lipinski definition) is 0. The molecule has 0 rings (SSSR count). The van der Waals surface area contributed by atoms with E-state index in [0.717, 1.165) is 0 Å². The van der Waals surface area contributed by atoms with Gasteiger partial charge in [-0.2, -0.15) is 4.74 Å². The molecule has 0 saturated heterocycles. The van der Waals surface area contributed by atoms with Gasteiger partial charge in [-0.15, -0.1) is 0 Å². The zero-order chi connectivity index (χ0) is 6.57. The predicted molar refractivity (Wildman–Crippen MR) is 34.7 cm³/mol. The first-order valence-corrected chi connectivity index (χ1v) is 2.29. The molecule has 0 N–H and O–H groups in total. The van der Waals surface area contributed by atoms with Crippen LogP contribution in [-0.4, -0.2) is 11.5 Å². The van der Waals surface area contributed by atoms with E-state index in [-0.39, 0.29) is 0 Å². The van der Waals surface area contributed by atoms with E-state index < -0.39 is 0 Å². The van der Waals surface area contributed by atoms with Gasteiger partial charge in [0, 0.05) is 6.08 Å². The van der Waals surface area contributed by atoms with Gasteiger partial charge in [0.1, 0.15) is 6.72 Å². The summed E-state index contributed by atoms with van der Waals surface area (Å²) < 4.78 is 0.521. The van der Waals surface area contributed by atoms with E-state index in [2.05, 4.69) is 13.3 Å². The molecule has 8 heavy (non-hydrogen) atoms. The molecule has 0 bridgehead atoms. The molecular weight excluding hydrogens is 102 g/mol. The number of hydrogen-bond acceptors (Lipinski definition) is 1. The maximum absolute atomic E-state index is 10.3. The highest BCUT2D eigenvalue weighted by atomic mass is 16.5. The number of nitrogens with zero attached hydrogens (tertiary/aromatic N) is 1. The summed E-state index contributed by atoms with van der Waals surface area (Å²) in [6, 6.07) is 0. The van der Waals surface area contributed by atoms with Crippen molar-refractivity contribution in [1.82, 2.24) is 0 Å². The lowest BCUT2D eigenvalue weighted by Gasteiger charge is -1.96. The predicted octanol–water partition coefficient (Wildman–Crippen LogP) is 1.29. The summed E-state index contributed by atoms with van der Waals surface area (Å²) in [5.41, 5.74) is 0.491. The molecule has 0 aromatic rings. The molecule has 0 spiro atoms. The molecule has 0 unspecified atom stereocenters. The van der Waals surface area contributed by atoms with Gasteiger partial charge in [0.05, 0.1) is 0 Å². The first-order chi connectivity index (χ1) is 3.72. The van der Waals surface area contributed by atoms with E-state index in [1.165, 1.54) is 6.08 Å². The van der Waals surface area contributed by atoms with Crippen molar-refractivity contribution in [2.24, 2.45) is 0 Å². The Labute approximate surface area is 49.0 Å². The van der Waals surface area contributed by atoms with Crippen molar-refractivity contribution in [3.63, 3.8) is 0 Å². The van der Waals surface area contributed by atoms with Crippen LogP contribution in [-0.2, 0) is 0 Å². The van der Waals surface area contributed by atoms with Gasteiger partial charge in [-0.1, -0.05) is 6.58 Å². The van der Waals surface area contributed by atoms with Crippen molar-refractivity contribution in [3.05, 3.63) is 29.6 Å². The fourth-order valence-electron chi connectivity index (χ4n) is 0.364. The summed E-state index contributed by atoms with van der Waals surface area (Å²) in [5, 5.41) is 10.3. The van der Waals surface area contributed by atoms with Crippen molar-refractivity contribution in [2.45, 2.75) is 6.92 Å². The van der Waals surface area contributed by atoms with Crippen molar-refractivity contribution in [1.29, 1.82) is 0 Å². The maximum atomic E-state index is 10.3. The van der Waals surface area contributed by atoms with Crippen molar-refractivity contribution >= 4 is 6.72 Å². The van der Waals surface area contributed by atoms with E-state index in [1.54, 1.807) is 13.0 Å². The zero-order valence-electron chi connectivity index (χ0n) is 4.92. The Kier molecular flexibility index (Phi) is 2.62. The second kappa shape index (κ2) is 3.02. The Morgan fingerprint density at radius 3 is 2.25 bits per heavy atom. The molecule has 0 aliphatic heterocycles. The third-order valence-corrected chi connectivity index (χ3v) is 0.793. The van der Waals surface area contributed by atoms with Crippen molar-refractivity contribution in [2.75, 3.05) is 0 Å². The lowest BCUT2D eigenvalue weighted by atomic mass is 10.4. The quantitative estimate of drug-likeness (QED) is 0.173. The molecule has 0 fully saturated rings. The Morgan fingerprint density at radius 2 is 2.25 bits per heavy atom. The fourth-order valence-corrected chi connectivity index (χ4v) is 0.364. The van der Waals surface area contributed by atoms with Crippen LogP contribution in [0, 0.1) is 5.21 Å². The molecule has 0 saturated carbocycles. The Morgan fingerprint density at radius 1 is 1.75 bits per heavy atom. The second-order valence-electron chi connectivity index (χ2n) is 1.30. The molecule has 2 nitrogen and oxygen atoms in total. The molecule has 0 aliphatic rings. The highest BCUT2D eigenvalue weighted by Gasteiger charge is 1.90. The van der Waals surface area contributed by atoms with Crippen molar-refractivity contribution in [3.8, 4) is 0 Å². The van der Waals surface area contributed by atoms with E-state index in [9.17, 15) is 5.21 Å². The van der Waals surface area contributed by atoms with Gasteiger partial charge < -0.3 is 5.21 Å². The maximum Gasteiger partial charge on any atom is 0.211 e. The van der Waals surface area contributed by atoms with E-state index in [1.807, 2.05) is 0 Å². The molecule has 0 radical (unpaired) electrons. The molecule has 0 atom stereocenters. The van der Waals surface area contributed by atoms with Crippen LogP contribution in [0.25, 0.3) is 0 Å². The largest absolute Gasteiger partial charge is 0.619 e. The number of hydroxylamine groups is 1. The third kappa shape index (κ3) is 1.60. The van der Waals surface area contributed by atoms with Gasteiger partial charge in [0.25, 0.3) is 0 Å². The second-order valence-corrected chi connectivity index (χ2v) is 1.30. The van der Waals surface area contributed by atoms with Gasteiger partial charge in [0.2, 0.25) is 5.70 Å². The smallest absolute Gasteiger partial charge is 0.211 e. The van der Waals surface area contributed by atoms with Gasteiger partial charge in [-0.05, 0) is 13.0 Å². The molecule has 0 aliphatic carbocycles. The Hall–Kier alpha value is -1.05. The van der Waals surface area contributed by atoms with Crippen LogP contribution in [0.15, 0.2) is 24.4 Å². The topological polar surface area (TPSA) is 26.1 Å². The standard InChI is InChI=1S/C6H9NO/c1-4-6(5-2)7(3)8/h4-5H,1,3H2,2H3/b6-5+. The molecule has 2 heteroatoms. The van der Waals surface area contributed by atoms with E-state index >= 15 is 0 Å². The minimum atomic E-state index is 0.491. The van der Waals surface area contributed by atoms with Crippen LogP contribution < -0.4 is 0 Å². The van der Waals surface area contributed by atoms with E-state index in [4.69, 9.17) is 0 Å². The first-order valence-electron chi connectivity index (χ1n) is 2.29. The van der Waals surface area contributed by atoms with Crippen LogP contribution in [0.2, 0.25) is 0 Å². The van der Waals surface area contributed by atoms with Crippen LogP contribution in [0.4, 0.5) is 0 Å². The monoisotopic (exact) mass is 111 g/mol. The normalized spacial score (nSPS) is 10.9. The SMILES string of the molecule is C=C/C(=C\C)[N+](=C)[O-]. The fraction of sp³-hybridized carbons (Fsp3) is 0.167. The lowest BCUT2D eigenvalue weighted by molar-refractivity contribution is -0.385. The van der Waals surface area contributed by atoms with Crippen LogP contribution in [0.5, 0.6) is 0 Å². The number of rotatable bonds is 2. The highest BCUT2D eigenvalue weighted by Crippen LogP contribution is 1.92. The summed E-state index contributed by atoms with van der Waals surface area (Å²) in [6.07, 6.45) is 3.10. The summed E-state index contributed by atoms with van der Waals surface area (Å²) in [6.45, 7) is 8.28. The Bertz CT molecular complexity index is 135. The molecule has 0 aromatic carbocycles. The van der Waals surface area contributed by atoms with Gasteiger partial charge in [-0.25, -0.2) is 0 Å². The minimum absolute atomic E-state index is 0.491. The highest BCUT2D eigenvalue weighted by molar-refractivity contribution is 5.20. The first kappa shape index (κ1) is 6.95. The molecule has 44 valence electrons. The van der Waals surface area contributed by atoms with Gasteiger partial charge in [0.15, 0.2) is 0 Å². The lowest BCUT2D eigenvalue weighted by Crippen LogP contribution is -1.94. The number of allylic oxidation sites excluding steroid dienone is 2. The summed E-state index contributed by atoms with van der Waals surface area (Å²) in [5.74, 6) is 0. The molecule has 0 heterocycles. The summed E-state index contributed by atoms with van der Waals surface area (Å²) in [7, 11) is 0. The van der Waals surface area contributed by atoms with Gasteiger partial charge in [-0.3, -0.25) is 0 Å². The average molecular weight is 111 g/mol. The third-order valence-electron chi connectivity index (χ3n) is 0.793. The van der Waals surface area contributed by atoms with Crippen LogP contribution in [0.1, 0.15) is 6.92 Å². The minimum Gasteiger partial charge on any atom is -0.619 e. The van der Waals surface area contributed by atoms with E-state index in [0.29, 0.717) is 10.4 Å². The Balaban J connectivity index is 4.13. The average Bonchev–Trinajstić information content (AvgIpc) is 1.69. The summed E-state index contributed by atoms with van der Waals surface area (Å²) >= 11 is 0. The molecular formula is C6H9NO. The molecule has 0 amide bonds. The molecule has 0 aromatic heterocycles. The van der Waals surface area contributed by atoms with Gasteiger partial charge >= 0.3 is 0 Å². The zero-order valence-corrected chi connectivity index (χ0v) is 4.92. The van der Waals surface area contributed by atoms with Crippen LogP contribution >= 0.6 is 0 Å². The summed E-state index contributed by atoms with van der Waals surface area (Å²) in [4.78, 5) is 0. The van der Waals surface area contributed by atoms with Crippen molar-refractivity contribution < 1.29 is 4.74 Å².